The number of carbonyl (C=O) groups excluding carboxylic acids is 1. The molecule has 0 bridgehead atoms. The first kappa shape index (κ1) is 7.53. The average molecular weight is 152 g/mol. The summed E-state index contributed by atoms with van der Waals surface area (Å²) in [5, 5.41) is 0. The quantitative estimate of drug-likeness (QED) is 0.626. The lowest BCUT2D eigenvalue weighted by atomic mass is 10.3. The number of aldehydes is 1. The number of hydrogen-bond donors (Lipinski definition) is 1. The van der Waals surface area contributed by atoms with Crippen LogP contribution in [-0.2, 0) is 0 Å². The van der Waals surface area contributed by atoms with E-state index in [9.17, 15) is 4.79 Å². The van der Waals surface area contributed by atoms with E-state index in [-0.39, 0.29) is 5.69 Å². The molecule has 0 fully saturated rings. The van der Waals surface area contributed by atoms with Gasteiger partial charge in [0.15, 0.2) is 6.29 Å². The highest BCUT2D eigenvalue weighted by atomic mass is 16.5. The largest absolute Gasteiger partial charge is 0.481 e. The Bertz CT molecular complexity index is 273. The summed E-state index contributed by atoms with van der Waals surface area (Å²) in [7, 11) is 1.48. The predicted octanol–water partition coefficient (Wildman–Crippen LogP) is 0.485. The SMILES string of the molecule is COc1ccc(N)c(C=O)n1. The minimum Gasteiger partial charge on any atom is -0.481 e. The van der Waals surface area contributed by atoms with Gasteiger partial charge in [-0.2, -0.15) is 0 Å². The van der Waals surface area contributed by atoms with Gasteiger partial charge in [-0.05, 0) is 6.07 Å². The molecule has 1 aromatic heterocycles. The van der Waals surface area contributed by atoms with Crippen molar-refractivity contribution in [1.29, 1.82) is 0 Å². The van der Waals surface area contributed by atoms with E-state index in [1.165, 1.54) is 7.11 Å². The molecule has 58 valence electrons. The van der Waals surface area contributed by atoms with Crippen LogP contribution in [0.5, 0.6) is 5.88 Å². The van der Waals surface area contributed by atoms with Crippen molar-refractivity contribution >= 4 is 12.0 Å². The standard InChI is InChI=1S/C7H8N2O2/c1-11-7-3-2-5(8)6(4-10)9-7/h2-4H,8H2,1H3. The molecule has 0 saturated heterocycles. The van der Waals surface area contributed by atoms with Gasteiger partial charge in [-0.15, -0.1) is 0 Å². The highest BCUT2D eigenvalue weighted by molar-refractivity contribution is 5.80. The summed E-state index contributed by atoms with van der Waals surface area (Å²) in [4.78, 5) is 14.1. The second-order valence-corrected chi connectivity index (χ2v) is 1.95. The van der Waals surface area contributed by atoms with Crippen LogP contribution in [0.1, 0.15) is 10.5 Å². The molecule has 0 atom stereocenters. The van der Waals surface area contributed by atoms with Gasteiger partial charge >= 0.3 is 0 Å². The predicted molar refractivity (Wildman–Crippen MR) is 40.6 cm³/mol. The Morgan fingerprint density at radius 3 is 2.91 bits per heavy atom. The molecular formula is C7H8N2O2. The fourth-order valence-electron chi connectivity index (χ4n) is 0.675. The molecule has 0 spiro atoms. The van der Waals surface area contributed by atoms with E-state index in [1.54, 1.807) is 12.1 Å². The number of nitrogens with zero attached hydrogens (tertiary/aromatic N) is 1. The van der Waals surface area contributed by atoms with Crippen molar-refractivity contribution in [2.45, 2.75) is 0 Å². The maximum absolute atomic E-state index is 10.3. The van der Waals surface area contributed by atoms with E-state index < -0.39 is 0 Å². The molecule has 0 unspecified atom stereocenters. The molecular weight excluding hydrogens is 144 g/mol. The number of nitrogens with two attached hydrogens (primary N) is 1. The Kier molecular flexibility index (Phi) is 2.06. The van der Waals surface area contributed by atoms with E-state index >= 15 is 0 Å². The van der Waals surface area contributed by atoms with Crippen molar-refractivity contribution in [2.75, 3.05) is 12.8 Å². The third-order valence-electron chi connectivity index (χ3n) is 1.25. The molecule has 4 nitrogen and oxygen atoms in total. The molecule has 1 heterocycles. The van der Waals surface area contributed by atoms with Gasteiger partial charge in [-0.1, -0.05) is 0 Å². The molecule has 1 rings (SSSR count). The first-order valence-electron chi connectivity index (χ1n) is 3.03. The molecule has 2 N–H and O–H groups in total. The van der Waals surface area contributed by atoms with Crippen LogP contribution in [0, 0.1) is 0 Å². The average Bonchev–Trinajstić information content (AvgIpc) is 2.05. The third kappa shape index (κ3) is 1.46. The molecule has 0 aromatic carbocycles. The second-order valence-electron chi connectivity index (χ2n) is 1.95. The third-order valence-corrected chi connectivity index (χ3v) is 1.25. The number of carbonyl (C=O) groups is 1. The summed E-state index contributed by atoms with van der Waals surface area (Å²) >= 11 is 0. The van der Waals surface area contributed by atoms with Crippen molar-refractivity contribution < 1.29 is 9.53 Å². The molecule has 1 aromatic rings. The van der Waals surface area contributed by atoms with Gasteiger partial charge in [-0.25, -0.2) is 4.98 Å². The minimum absolute atomic E-state index is 0.212. The summed E-state index contributed by atoms with van der Waals surface area (Å²) in [5.74, 6) is 0.390. The first-order chi connectivity index (χ1) is 5.27. The number of hydrogen-bond acceptors (Lipinski definition) is 4. The lowest BCUT2D eigenvalue weighted by molar-refractivity contribution is 0.111. The molecule has 11 heavy (non-hydrogen) atoms. The van der Waals surface area contributed by atoms with Gasteiger partial charge in [0.05, 0.1) is 12.8 Å². The van der Waals surface area contributed by atoms with Gasteiger partial charge in [0.25, 0.3) is 0 Å². The Balaban J connectivity index is 3.12. The highest BCUT2D eigenvalue weighted by Crippen LogP contribution is 2.11. The number of pyridine rings is 1. The number of rotatable bonds is 2. The van der Waals surface area contributed by atoms with Gasteiger partial charge in [0.2, 0.25) is 5.88 Å². The normalized spacial score (nSPS) is 9.18. The van der Waals surface area contributed by atoms with Crippen LogP contribution in [0.2, 0.25) is 0 Å². The summed E-state index contributed by atoms with van der Waals surface area (Å²) in [6.45, 7) is 0. The van der Waals surface area contributed by atoms with Crippen molar-refractivity contribution in [3.8, 4) is 5.88 Å². The summed E-state index contributed by atoms with van der Waals surface area (Å²) in [6.07, 6.45) is 0.595. The van der Waals surface area contributed by atoms with Crippen LogP contribution < -0.4 is 10.5 Å². The summed E-state index contributed by atoms with van der Waals surface area (Å²) in [5.41, 5.74) is 5.98. The summed E-state index contributed by atoms with van der Waals surface area (Å²) in [6, 6.07) is 3.18. The molecule has 0 radical (unpaired) electrons. The van der Waals surface area contributed by atoms with Crippen LogP contribution >= 0.6 is 0 Å². The topological polar surface area (TPSA) is 65.2 Å². The van der Waals surface area contributed by atoms with Crippen LogP contribution in [0.15, 0.2) is 12.1 Å². The van der Waals surface area contributed by atoms with E-state index in [0.717, 1.165) is 0 Å². The molecule has 0 amide bonds. The van der Waals surface area contributed by atoms with Crippen LogP contribution in [-0.4, -0.2) is 18.4 Å². The van der Waals surface area contributed by atoms with Crippen LogP contribution in [0.25, 0.3) is 0 Å². The van der Waals surface area contributed by atoms with E-state index in [4.69, 9.17) is 10.5 Å². The van der Waals surface area contributed by atoms with E-state index in [1.807, 2.05) is 0 Å². The number of methoxy groups -OCH3 is 1. The molecule has 0 aliphatic heterocycles. The first-order valence-corrected chi connectivity index (χ1v) is 3.03. The number of nitrogen functional groups attached to an aromatic ring is 1. The zero-order chi connectivity index (χ0) is 8.27. The monoisotopic (exact) mass is 152 g/mol. The number of ether oxygens (including phenoxy) is 1. The minimum atomic E-state index is 0.212. The molecule has 0 saturated carbocycles. The van der Waals surface area contributed by atoms with Gasteiger partial charge in [-0.3, -0.25) is 4.79 Å². The lowest BCUT2D eigenvalue weighted by Gasteiger charge is -2.00. The summed E-state index contributed by atoms with van der Waals surface area (Å²) < 4.78 is 4.79. The lowest BCUT2D eigenvalue weighted by Crippen LogP contribution is -1.97. The fourth-order valence-corrected chi connectivity index (χ4v) is 0.675. The smallest absolute Gasteiger partial charge is 0.213 e. The van der Waals surface area contributed by atoms with Crippen molar-refractivity contribution in [1.82, 2.24) is 4.98 Å². The zero-order valence-corrected chi connectivity index (χ0v) is 6.07. The maximum atomic E-state index is 10.3. The second kappa shape index (κ2) is 3.01. The van der Waals surface area contributed by atoms with Crippen molar-refractivity contribution in [3.63, 3.8) is 0 Å². The molecule has 4 heteroatoms. The maximum Gasteiger partial charge on any atom is 0.213 e. The zero-order valence-electron chi connectivity index (χ0n) is 6.07. The number of aromatic nitrogens is 1. The molecule has 0 aliphatic rings. The fraction of sp³-hybridized carbons (Fsp3) is 0.143. The van der Waals surface area contributed by atoms with Gasteiger partial charge in [0, 0.05) is 6.07 Å². The van der Waals surface area contributed by atoms with Crippen molar-refractivity contribution in [3.05, 3.63) is 17.8 Å². The van der Waals surface area contributed by atoms with Crippen LogP contribution in [0.3, 0.4) is 0 Å². The van der Waals surface area contributed by atoms with Gasteiger partial charge < -0.3 is 10.5 Å². The number of anilines is 1. The Morgan fingerprint density at radius 1 is 1.64 bits per heavy atom. The Morgan fingerprint density at radius 2 is 2.36 bits per heavy atom. The molecule has 0 aliphatic carbocycles. The Labute approximate surface area is 64.0 Å². The Hall–Kier alpha value is -1.58. The highest BCUT2D eigenvalue weighted by Gasteiger charge is 2.00. The van der Waals surface area contributed by atoms with Crippen LogP contribution in [0.4, 0.5) is 5.69 Å². The van der Waals surface area contributed by atoms with Gasteiger partial charge in [0.1, 0.15) is 5.69 Å². The van der Waals surface area contributed by atoms with E-state index in [0.29, 0.717) is 17.9 Å². The van der Waals surface area contributed by atoms with Crippen molar-refractivity contribution in [2.24, 2.45) is 0 Å². The van der Waals surface area contributed by atoms with E-state index in [2.05, 4.69) is 4.98 Å².